The number of aromatic nitrogens is 1. The smallest absolute Gasteiger partial charge is 0.180 e. The number of nitrogen functional groups attached to an aromatic ring is 1. The molecule has 80 valence electrons. The lowest BCUT2D eigenvalue weighted by Gasteiger charge is -2.07. The Morgan fingerprint density at radius 2 is 1.82 bits per heavy atom. The average molecular weight is 236 g/mol. The summed E-state index contributed by atoms with van der Waals surface area (Å²) in [6.07, 6.45) is 0. The summed E-state index contributed by atoms with van der Waals surface area (Å²) in [4.78, 5) is 4.32. The summed E-state index contributed by atoms with van der Waals surface area (Å²) < 4.78 is 0. The van der Waals surface area contributed by atoms with Crippen LogP contribution < -0.4 is 11.2 Å². The third-order valence-electron chi connectivity index (χ3n) is 2.76. The van der Waals surface area contributed by atoms with Crippen molar-refractivity contribution in [1.29, 1.82) is 0 Å². The number of benzene rings is 2. The van der Waals surface area contributed by atoms with E-state index in [1.165, 1.54) is 11.3 Å². The van der Waals surface area contributed by atoms with Crippen LogP contribution in [0.1, 0.15) is 0 Å². The van der Waals surface area contributed by atoms with E-state index in [2.05, 4.69) is 11.1 Å². The van der Waals surface area contributed by atoms with E-state index < -0.39 is 0 Å². The normalized spacial score (nSPS) is 10.8. The minimum Gasteiger partial charge on any atom is -0.375 e. The van der Waals surface area contributed by atoms with Crippen LogP contribution in [0.25, 0.3) is 22.0 Å². The molecule has 0 atom stereocenters. The van der Waals surface area contributed by atoms with E-state index in [1.807, 2.05) is 35.7 Å². The molecule has 1 heterocycles. The van der Waals surface area contributed by atoms with Crippen molar-refractivity contribution in [3.05, 3.63) is 41.8 Å². The van der Waals surface area contributed by atoms with Crippen molar-refractivity contribution in [2.75, 3.05) is 5.73 Å². The molecule has 2 aromatic carbocycles. The molecule has 0 fully saturated rings. The summed E-state index contributed by atoms with van der Waals surface area (Å²) >= 11 is 1.45. The molecular formula is C13H9BN2S. The maximum absolute atomic E-state index is 5.97. The van der Waals surface area contributed by atoms with Gasteiger partial charge in [0.25, 0.3) is 0 Å². The van der Waals surface area contributed by atoms with E-state index in [1.54, 1.807) is 0 Å². The first kappa shape index (κ1) is 10.4. The predicted molar refractivity (Wildman–Crippen MR) is 74.9 cm³/mol. The number of hydrogen-bond donors (Lipinski definition) is 1. The van der Waals surface area contributed by atoms with Gasteiger partial charge in [0.2, 0.25) is 0 Å². The highest BCUT2D eigenvalue weighted by molar-refractivity contribution is 7.13. The lowest BCUT2D eigenvalue weighted by Crippen LogP contribution is -2.03. The number of anilines is 1. The second kappa shape index (κ2) is 3.89. The Kier molecular flexibility index (Phi) is 2.37. The van der Waals surface area contributed by atoms with Crippen molar-refractivity contribution in [2.45, 2.75) is 0 Å². The summed E-state index contributed by atoms with van der Waals surface area (Å²) in [7, 11) is 5.97. The van der Waals surface area contributed by atoms with Gasteiger partial charge in [0.1, 0.15) is 7.85 Å². The standard InChI is InChI=1S/C13H9BN2S/c14-11-6-5-10(12-7-17-13(15)16-12)8-3-1-2-4-9(8)11/h1-7H,(H2,15,16). The molecule has 0 aliphatic heterocycles. The van der Waals surface area contributed by atoms with Gasteiger partial charge >= 0.3 is 0 Å². The van der Waals surface area contributed by atoms with Gasteiger partial charge in [-0.1, -0.05) is 41.9 Å². The van der Waals surface area contributed by atoms with Crippen molar-refractivity contribution < 1.29 is 0 Å². The fraction of sp³-hybridized carbons (Fsp3) is 0. The SMILES string of the molecule is [B]c1ccc(-c2csc(N)n2)c2ccccc12. The van der Waals surface area contributed by atoms with Gasteiger partial charge in [-0.15, -0.1) is 11.3 Å². The molecule has 1 aromatic heterocycles. The zero-order valence-electron chi connectivity index (χ0n) is 9.05. The highest BCUT2D eigenvalue weighted by Crippen LogP contribution is 2.29. The van der Waals surface area contributed by atoms with Crippen LogP contribution in [0.5, 0.6) is 0 Å². The second-order valence-electron chi connectivity index (χ2n) is 3.82. The maximum atomic E-state index is 5.97. The Bertz CT molecular complexity index is 691. The highest BCUT2D eigenvalue weighted by Gasteiger charge is 2.07. The molecule has 0 bridgehead atoms. The Morgan fingerprint density at radius 3 is 2.53 bits per heavy atom. The molecule has 2 N–H and O–H groups in total. The van der Waals surface area contributed by atoms with Crippen LogP contribution in [0.2, 0.25) is 0 Å². The van der Waals surface area contributed by atoms with E-state index in [0.29, 0.717) is 5.13 Å². The van der Waals surface area contributed by atoms with E-state index in [0.717, 1.165) is 27.5 Å². The number of fused-ring (bicyclic) bond motifs is 1. The van der Waals surface area contributed by atoms with Gasteiger partial charge in [0.15, 0.2) is 5.13 Å². The minimum absolute atomic E-state index is 0.584. The zero-order valence-corrected chi connectivity index (χ0v) is 9.87. The van der Waals surface area contributed by atoms with Crippen molar-refractivity contribution >= 4 is 40.5 Å². The third kappa shape index (κ3) is 1.70. The molecule has 0 saturated heterocycles. The third-order valence-corrected chi connectivity index (χ3v) is 3.43. The van der Waals surface area contributed by atoms with Crippen LogP contribution in [0, 0.1) is 0 Å². The lowest BCUT2D eigenvalue weighted by molar-refractivity contribution is 1.42. The maximum Gasteiger partial charge on any atom is 0.180 e. The number of nitrogens with two attached hydrogens (primary N) is 1. The van der Waals surface area contributed by atoms with Gasteiger partial charge in [0.05, 0.1) is 5.69 Å². The molecular weight excluding hydrogens is 227 g/mol. The molecule has 0 unspecified atom stereocenters. The van der Waals surface area contributed by atoms with Crippen LogP contribution in [0.4, 0.5) is 5.13 Å². The summed E-state index contributed by atoms with van der Waals surface area (Å²) in [6, 6.07) is 12.0. The molecule has 0 aliphatic rings. The first-order valence-electron chi connectivity index (χ1n) is 5.24. The van der Waals surface area contributed by atoms with Gasteiger partial charge < -0.3 is 5.73 Å². The van der Waals surface area contributed by atoms with Gasteiger partial charge in [0, 0.05) is 10.9 Å². The fourth-order valence-electron chi connectivity index (χ4n) is 1.96. The van der Waals surface area contributed by atoms with E-state index in [-0.39, 0.29) is 0 Å². The first-order valence-corrected chi connectivity index (χ1v) is 6.12. The van der Waals surface area contributed by atoms with E-state index >= 15 is 0 Å². The van der Waals surface area contributed by atoms with Crippen LogP contribution >= 0.6 is 11.3 Å². The quantitative estimate of drug-likeness (QED) is 0.658. The van der Waals surface area contributed by atoms with E-state index in [9.17, 15) is 0 Å². The molecule has 0 spiro atoms. The minimum atomic E-state index is 0.584. The molecule has 2 radical (unpaired) electrons. The van der Waals surface area contributed by atoms with Gasteiger partial charge in [-0.05, 0) is 10.8 Å². The topological polar surface area (TPSA) is 38.9 Å². The van der Waals surface area contributed by atoms with Crippen LogP contribution in [0.15, 0.2) is 41.8 Å². The largest absolute Gasteiger partial charge is 0.375 e. The Hall–Kier alpha value is -1.81. The van der Waals surface area contributed by atoms with Crippen molar-refractivity contribution in [3.63, 3.8) is 0 Å². The monoisotopic (exact) mass is 236 g/mol. The molecule has 3 aromatic rings. The molecule has 2 nitrogen and oxygen atoms in total. The fourth-order valence-corrected chi connectivity index (χ4v) is 2.52. The van der Waals surface area contributed by atoms with Crippen LogP contribution in [-0.2, 0) is 0 Å². The Labute approximate surface area is 105 Å². The van der Waals surface area contributed by atoms with Crippen molar-refractivity contribution in [3.8, 4) is 11.3 Å². The summed E-state index contributed by atoms with van der Waals surface area (Å²) in [5.41, 5.74) is 8.44. The molecule has 3 rings (SSSR count). The van der Waals surface area contributed by atoms with Gasteiger partial charge in [-0.2, -0.15) is 0 Å². The Balaban J connectivity index is 2.34. The first-order chi connectivity index (χ1) is 8.25. The summed E-state index contributed by atoms with van der Waals surface area (Å²) in [5.74, 6) is 0. The highest BCUT2D eigenvalue weighted by atomic mass is 32.1. The van der Waals surface area contributed by atoms with Crippen LogP contribution in [-0.4, -0.2) is 12.8 Å². The summed E-state index contributed by atoms with van der Waals surface area (Å²) in [5, 5.41) is 4.71. The molecule has 4 heteroatoms. The zero-order chi connectivity index (χ0) is 11.8. The number of thiazole rings is 1. The molecule has 0 amide bonds. The molecule has 0 saturated carbocycles. The van der Waals surface area contributed by atoms with Gasteiger partial charge in [-0.3, -0.25) is 0 Å². The van der Waals surface area contributed by atoms with Gasteiger partial charge in [-0.25, -0.2) is 4.98 Å². The van der Waals surface area contributed by atoms with Crippen LogP contribution in [0.3, 0.4) is 0 Å². The summed E-state index contributed by atoms with van der Waals surface area (Å²) in [6.45, 7) is 0. The second-order valence-corrected chi connectivity index (χ2v) is 4.71. The van der Waals surface area contributed by atoms with Crippen molar-refractivity contribution in [2.24, 2.45) is 0 Å². The number of rotatable bonds is 1. The lowest BCUT2D eigenvalue weighted by atomic mass is 9.88. The molecule has 17 heavy (non-hydrogen) atoms. The van der Waals surface area contributed by atoms with Crippen molar-refractivity contribution in [1.82, 2.24) is 4.98 Å². The molecule has 0 aliphatic carbocycles. The average Bonchev–Trinajstić information content (AvgIpc) is 2.77. The van der Waals surface area contributed by atoms with E-state index in [4.69, 9.17) is 13.6 Å². The Morgan fingerprint density at radius 1 is 1.06 bits per heavy atom. The predicted octanol–water partition coefficient (Wildman–Crippen LogP) is 2.34. The number of nitrogens with zero attached hydrogens (tertiary/aromatic N) is 1. The number of hydrogen-bond acceptors (Lipinski definition) is 3.